The van der Waals surface area contributed by atoms with Gasteiger partial charge in [-0.3, -0.25) is 19.6 Å². The van der Waals surface area contributed by atoms with Crippen LogP contribution in [-0.4, -0.2) is 27.3 Å². The number of hydrogen-bond donors (Lipinski definition) is 1. The van der Waals surface area contributed by atoms with Gasteiger partial charge in [-0.1, -0.05) is 6.42 Å². The zero-order valence-electron chi connectivity index (χ0n) is 9.48. The average Bonchev–Trinajstić information content (AvgIpc) is 2.27. The molecule has 16 heavy (non-hydrogen) atoms. The van der Waals surface area contributed by atoms with Gasteiger partial charge in [0.1, 0.15) is 0 Å². The van der Waals surface area contributed by atoms with E-state index in [1.807, 2.05) is 0 Å². The highest BCUT2D eigenvalue weighted by atomic mass is 16.2. The van der Waals surface area contributed by atoms with E-state index in [1.165, 1.54) is 23.2 Å². The number of nitrogens with zero attached hydrogens (tertiary/aromatic N) is 2. The van der Waals surface area contributed by atoms with E-state index in [2.05, 4.69) is 16.9 Å². The van der Waals surface area contributed by atoms with Crippen LogP contribution in [0.3, 0.4) is 0 Å². The summed E-state index contributed by atoms with van der Waals surface area (Å²) in [5.41, 5.74) is -0.387. The molecule has 1 aliphatic rings. The largest absolute Gasteiger partial charge is 0.282 e. The van der Waals surface area contributed by atoms with E-state index in [0.717, 1.165) is 19.4 Å². The summed E-state index contributed by atoms with van der Waals surface area (Å²) in [5, 5.41) is 2.55. The van der Waals surface area contributed by atoms with E-state index in [9.17, 15) is 9.59 Å². The molecule has 5 heteroatoms. The first kappa shape index (κ1) is 11.1. The molecular weight excluding hydrogens is 206 g/mol. The lowest BCUT2D eigenvalue weighted by molar-refractivity contribution is 0.112. The monoisotopic (exact) mass is 223 g/mol. The lowest BCUT2D eigenvalue weighted by Gasteiger charge is -2.33. The van der Waals surface area contributed by atoms with Crippen LogP contribution < -0.4 is 11.1 Å². The van der Waals surface area contributed by atoms with Crippen molar-refractivity contribution in [3.8, 4) is 0 Å². The maximum absolute atomic E-state index is 11.5. The summed E-state index contributed by atoms with van der Waals surface area (Å²) in [6, 6.07) is 3.05. The molecular formula is C11H17N3O2. The normalized spacial score (nSPS) is 22.2. The third kappa shape index (κ3) is 2.41. The number of nitrogens with one attached hydrogen (secondary N) is 1. The average molecular weight is 223 g/mol. The van der Waals surface area contributed by atoms with Crippen molar-refractivity contribution >= 4 is 0 Å². The Morgan fingerprint density at radius 1 is 1.38 bits per heavy atom. The van der Waals surface area contributed by atoms with Crippen molar-refractivity contribution in [3.63, 3.8) is 0 Å². The molecule has 1 fully saturated rings. The third-order valence-corrected chi connectivity index (χ3v) is 3.15. The fourth-order valence-corrected chi connectivity index (χ4v) is 2.12. The Labute approximate surface area is 93.7 Å². The van der Waals surface area contributed by atoms with Gasteiger partial charge >= 0.3 is 0 Å². The summed E-state index contributed by atoms with van der Waals surface area (Å²) in [4.78, 5) is 24.9. The third-order valence-electron chi connectivity index (χ3n) is 3.15. The molecule has 88 valence electrons. The number of hydrogen-bond acceptors (Lipinski definition) is 3. The lowest BCUT2D eigenvalue weighted by Crippen LogP contribution is -2.42. The van der Waals surface area contributed by atoms with Gasteiger partial charge in [0.25, 0.3) is 11.1 Å². The van der Waals surface area contributed by atoms with E-state index in [1.54, 1.807) is 0 Å². The molecule has 0 bridgehead atoms. The van der Waals surface area contributed by atoms with E-state index < -0.39 is 0 Å². The number of H-pyrrole nitrogens is 1. The number of rotatable bonds is 2. The van der Waals surface area contributed by atoms with Gasteiger partial charge in [-0.15, -0.1) is 0 Å². The Bertz CT molecular complexity index is 463. The Kier molecular flexibility index (Phi) is 3.24. The van der Waals surface area contributed by atoms with Crippen LogP contribution in [0.4, 0.5) is 0 Å². The molecule has 1 atom stereocenters. The smallest absolute Gasteiger partial charge is 0.266 e. The first-order chi connectivity index (χ1) is 7.66. The van der Waals surface area contributed by atoms with E-state index >= 15 is 0 Å². The SMILES string of the molecule is CC1CCCCN1Cn1[nH]c(=O)ccc1=O. The summed E-state index contributed by atoms with van der Waals surface area (Å²) in [5.74, 6) is 0. The van der Waals surface area contributed by atoms with Gasteiger partial charge in [-0.25, -0.2) is 4.68 Å². The van der Waals surface area contributed by atoms with Gasteiger partial charge in [0.2, 0.25) is 0 Å². The molecule has 2 rings (SSSR count). The molecule has 1 aliphatic heterocycles. The van der Waals surface area contributed by atoms with Crippen molar-refractivity contribution < 1.29 is 0 Å². The molecule has 0 amide bonds. The zero-order chi connectivity index (χ0) is 11.5. The van der Waals surface area contributed by atoms with Gasteiger partial charge in [0, 0.05) is 24.7 Å². The second-order valence-corrected chi connectivity index (χ2v) is 4.37. The van der Waals surface area contributed by atoms with Gasteiger partial charge in [0.05, 0.1) is 6.67 Å². The molecule has 1 saturated heterocycles. The summed E-state index contributed by atoms with van der Waals surface area (Å²) >= 11 is 0. The van der Waals surface area contributed by atoms with E-state index in [-0.39, 0.29) is 11.1 Å². The number of likely N-dealkylation sites (tertiary alicyclic amines) is 1. The molecule has 1 aromatic rings. The Morgan fingerprint density at radius 2 is 2.19 bits per heavy atom. The molecule has 1 unspecified atom stereocenters. The summed E-state index contributed by atoms with van der Waals surface area (Å²) in [6.45, 7) is 3.63. The van der Waals surface area contributed by atoms with Crippen LogP contribution in [0.15, 0.2) is 21.7 Å². The Hall–Kier alpha value is -1.36. The minimum Gasteiger partial charge on any atom is -0.282 e. The summed E-state index contributed by atoms with van der Waals surface area (Å²) in [7, 11) is 0. The summed E-state index contributed by atoms with van der Waals surface area (Å²) in [6.07, 6.45) is 3.57. The zero-order valence-corrected chi connectivity index (χ0v) is 9.48. The Balaban J connectivity index is 2.16. The maximum atomic E-state index is 11.5. The van der Waals surface area contributed by atoms with Crippen LogP contribution in [-0.2, 0) is 6.67 Å². The minimum absolute atomic E-state index is 0.155. The highest BCUT2D eigenvalue weighted by Crippen LogP contribution is 2.15. The fraction of sp³-hybridized carbons (Fsp3) is 0.636. The quantitative estimate of drug-likeness (QED) is 0.788. The molecule has 5 nitrogen and oxygen atoms in total. The number of aromatic nitrogens is 2. The van der Waals surface area contributed by atoms with Crippen LogP contribution in [0.1, 0.15) is 26.2 Å². The molecule has 1 aromatic heterocycles. The maximum Gasteiger partial charge on any atom is 0.266 e. The predicted octanol–water partition coefficient (Wildman–Crippen LogP) is 0.368. The van der Waals surface area contributed by atoms with Crippen LogP contribution in [0, 0.1) is 0 Å². The second kappa shape index (κ2) is 4.65. The van der Waals surface area contributed by atoms with Crippen molar-refractivity contribution in [3.05, 3.63) is 32.8 Å². The van der Waals surface area contributed by atoms with E-state index in [0.29, 0.717) is 12.7 Å². The molecule has 0 aliphatic carbocycles. The Morgan fingerprint density at radius 3 is 2.94 bits per heavy atom. The highest BCUT2D eigenvalue weighted by Gasteiger charge is 2.18. The van der Waals surface area contributed by atoms with Crippen molar-refractivity contribution in [2.45, 2.75) is 38.9 Å². The van der Waals surface area contributed by atoms with Gasteiger partial charge in [0.15, 0.2) is 0 Å². The number of aromatic amines is 1. The molecule has 2 heterocycles. The van der Waals surface area contributed by atoms with Crippen molar-refractivity contribution in [2.75, 3.05) is 6.54 Å². The van der Waals surface area contributed by atoms with Crippen LogP contribution >= 0.6 is 0 Å². The fourth-order valence-electron chi connectivity index (χ4n) is 2.12. The van der Waals surface area contributed by atoms with Gasteiger partial charge in [-0.05, 0) is 19.8 Å². The van der Waals surface area contributed by atoms with Crippen molar-refractivity contribution in [1.29, 1.82) is 0 Å². The second-order valence-electron chi connectivity index (χ2n) is 4.37. The first-order valence-electron chi connectivity index (χ1n) is 5.71. The van der Waals surface area contributed by atoms with Gasteiger partial charge < -0.3 is 0 Å². The number of piperidine rings is 1. The van der Waals surface area contributed by atoms with E-state index in [4.69, 9.17) is 0 Å². The standard InChI is InChI=1S/C11H17N3O2/c1-9-4-2-3-7-13(9)8-14-11(16)6-5-10(15)12-14/h5-6,9H,2-4,7-8H2,1H3,(H,12,15). The molecule has 0 saturated carbocycles. The first-order valence-corrected chi connectivity index (χ1v) is 5.71. The highest BCUT2D eigenvalue weighted by molar-refractivity contribution is 4.86. The van der Waals surface area contributed by atoms with Crippen LogP contribution in [0.2, 0.25) is 0 Å². The van der Waals surface area contributed by atoms with Crippen molar-refractivity contribution in [2.24, 2.45) is 0 Å². The topological polar surface area (TPSA) is 58.1 Å². The lowest BCUT2D eigenvalue weighted by atomic mass is 10.0. The van der Waals surface area contributed by atoms with Crippen molar-refractivity contribution in [1.82, 2.24) is 14.7 Å². The molecule has 0 spiro atoms. The molecule has 0 radical (unpaired) electrons. The molecule has 0 aromatic carbocycles. The predicted molar refractivity (Wildman–Crippen MR) is 61.3 cm³/mol. The van der Waals surface area contributed by atoms with Gasteiger partial charge in [-0.2, -0.15) is 0 Å². The summed E-state index contributed by atoms with van der Waals surface area (Å²) < 4.78 is 1.38. The van der Waals surface area contributed by atoms with Crippen LogP contribution in [0.25, 0.3) is 0 Å². The molecule has 1 N–H and O–H groups in total. The van der Waals surface area contributed by atoms with Crippen LogP contribution in [0.5, 0.6) is 0 Å². The minimum atomic E-state index is -0.232.